The Bertz CT molecular complexity index is 494. The highest BCUT2D eigenvalue weighted by molar-refractivity contribution is 7.80. The summed E-state index contributed by atoms with van der Waals surface area (Å²) in [7, 11) is 0. The van der Waals surface area contributed by atoms with Crippen LogP contribution in [0.15, 0.2) is 36.0 Å². The van der Waals surface area contributed by atoms with Crippen molar-refractivity contribution in [2.75, 3.05) is 4.90 Å². The summed E-state index contributed by atoms with van der Waals surface area (Å²) in [4.78, 5) is 1.92. The fourth-order valence-corrected chi connectivity index (χ4v) is 2.58. The Morgan fingerprint density at radius 1 is 1.35 bits per heavy atom. The van der Waals surface area contributed by atoms with E-state index in [9.17, 15) is 5.11 Å². The number of nitrogens with zero attached hydrogens (tertiary/aromatic N) is 1. The Kier molecular flexibility index (Phi) is 2.83. The number of nitrogens with one attached hydrogen (secondary N) is 1. The lowest BCUT2D eigenvalue weighted by atomic mass is 10.0. The van der Waals surface area contributed by atoms with Gasteiger partial charge in [0.05, 0.1) is 11.2 Å². The molecule has 0 spiro atoms. The normalized spacial score (nSPS) is 18.6. The molecule has 0 aliphatic carbocycles. The van der Waals surface area contributed by atoms with Crippen LogP contribution in [-0.2, 0) is 0 Å². The lowest BCUT2D eigenvalue weighted by Crippen LogP contribution is -2.53. The Morgan fingerprint density at radius 2 is 2.06 bits per heavy atom. The van der Waals surface area contributed by atoms with Gasteiger partial charge in [0.2, 0.25) is 0 Å². The molecule has 3 nitrogen and oxygen atoms in total. The van der Waals surface area contributed by atoms with Gasteiger partial charge in [-0.3, -0.25) is 4.90 Å². The van der Waals surface area contributed by atoms with Crippen molar-refractivity contribution < 1.29 is 5.11 Å². The summed E-state index contributed by atoms with van der Waals surface area (Å²) in [5.74, 6) is 0.239. The minimum atomic E-state index is -0.130. The number of anilines is 1. The van der Waals surface area contributed by atoms with E-state index in [2.05, 4.69) is 25.2 Å². The average Bonchev–Trinajstić information content (AvgIpc) is 2.13. The number of allylic oxidation sites excluding steroid dienone is 1. The van der Waals surface area contributed by atoms with Crippen LogP contribution in [0.3, 0.4) is 0 Å². The third-order valence-electron chi connectivity index (χ3n) is 2.64. The predicted octanol–water partition coefficient (Wildman–Crippen LogP) is 2.77. The minimum absolute atomic E-state index is 0.130. The van der Waals surface area contributed by atoms with E-state index in [1.165, 1.54) is 0 Å². The van der Waals surface area contributed by atoms with Gasteiger partial charge in [-0.1, -0.05) is 6.07 Å². The average molecular weight is 248 g/mol. The summed E-state index contributed by atoms with van der Waals surface area (Å²) in [6, 6.07) is 7.07. The molecule has 0 radical (unpaired) electrons. The number of hydrogen-bond acceptors (Lipinski definition) is 2. The SMILES string of the molecule is CC1=CC(C)(C)NC(=S)N1c1cccc(O)c1. The molecule has 0 bridgehead atoms. The summed E-state index contributed by atoms with van der Waals surface area (Å²) < 4.78 is 0. The van der Waals surface area contributed by atoms with E-state index in [0.717, 1.165) is 11.4 Å². The first-order valence-electron chi connectivity index (χ1n) is 5.50. The molecule has 2 N–H and O–H groups in total. The van der Waals surface area contributed by atoms with Gasteiger partial charge in [-0.2, -0.15) is 0 Å². The topological polar surface area (TPSA) is 35.5 Å². The van der Waals surface area contributed by atoms with Gasteiger partial charge >= 0.3 is 0 Å². The van der Waals surface area contributed by atoms with Gasteiger partial charge in [0.15, 0.2) is 5.11 Å². The Labute approximate surface area is 107 Å². The van der Waals surface area contributed by atoms with Crippen LogP contribution in [-0.4, -0.2) is 15.8 Å². The number of thiocarbonyl (C=S) groups is 1. The number of aromatic hydroxyl groups is 1. The summed E-state index contributed by atoms with van der Waals surface area (Å²) in [6.45, 7) is 6.16. The van der Waals surface area contributed by atoms with Crippen molar-refractivity contribution in [2.45, 2.75) is 26.3 Å². The molecule has 1 aliphatic heterocycles. The molecule has 90 valence electrons. The summed E-state index contributed by atoms with van der Waals surface area (Å²) >= 11 is 5.37. The van der Waals surface area contributed by atoms with Crippen molar-refractivity contribution in [3.63, 3.8) is 0 Å². The molecule has 0 unspecified atom stereocenters. The van der Waals surface area contributed by atoms with E-state index < -0.39 is 0 Å². The molecular weight excluding hydrogens is 232 g/mol. The van der Waals surface area contributed by atoms with Crippen molar-refractivity contribution >= 4 is 23.0 Å². The van der Waals surface area contributed by atoms with Crippen LogP contribution in [0.5, 0.6) is 5.75 Å². The first-order valence-corrected chi connectivity index (χ1v) is 5.91. The molecule has 2 rings (SSSR count). The van der Waals surface area contributed by atoms with E-state index in [-0.39, 0.29) is 11.3 Å². The van der Waals surface area contributed by atoms with Crippen LogP contribution in [0.1, 0.15) is 20.8 Å². The highest BCUT2D eigenvalue weighted by Crippen LogP contribution is 2.27. The highest BCUT2D eigenvalue weighted by Gasteiger charge is 2.27. The maximum absolute atomic E-state index is 9.51. The number of phenolic OH excluding ortho intramolecular Hbond substituents is 1. The van der Waals surface area contributed by atoms with E-state index >= 15 is 0 Å². The molecule has 0 amide bonds. The molecule has 1 heterocycles. The summed E-state index contributed by atoms with van der Waals surface area (Å²) in [5, 5.41) is 13.4. The van der Waals surface area contributed by atoms with Crippen LogP contribution in [0.4, 0.5) is 5.69 Å². The second-order valence-electron chi connectivity index (χ2n) is 4.79. The molecule has 1 aromatic rings. The fraction of sp³-hybridized carbons (Fsp3) is 0.308. The van der Waals surface area contributed by atoms with E-state index in [4.69, 9.17) is 12.2 Å². The maximum Gasteiger partial charge on any atom is 0.178 e. The van der Waals surface area contributed by atoms with Crippen LogP contribution in [0.2, 0.25) is 0 Å². The van der Waals surface area contributed by atoms with Crippen molar-refractivity contribution in [2.24, 2.45) is 0 Å². The second kappa shape index (κ2) is 4.04. The monoisotopic (exact) mass is 248 g/mol. The first kappa shape index (κ1) is 11.9. The zero-order valence-corrected chi connectivity index (χ0v) is 11.0. The molecular formula is C13H16N2OS. The Morgan fingerprint density at radius 3 is 2.65 bits per heavy atom. The lowest BCUT2D eigenvalue weighted by Gasteiger charge is -2.38. The van der Waals surface area contributed by atoms with Gasteiger partial charge in [-0.25, -0.2) is 0 Å². The quantitative estimate of drug-likeness (QED) is 0.749. The number of rotatable bonds is 1. The smallest absolute Gasteiger partial charge is 0.178 e. The van der Waals surface area contributed by atoms with Gasteiger partial charge in [0, 0.05) is 11.8 Å². The molecule has 1 aliphatic rings. The maximum atomic E-state index is 9.51. The largest absolute Gasteiger partial charge is 0.508 e. The van der Waals surface area contributed by atoms with E-state index in [1.807, 2.05) is 17.9 Å². The molecule has 17 heavy (non-hydrogen) atoms. The minimum Gasteiger partial charge on any atom is -0.508 e. The number of hydrogen-bond donors (Lipinski definition) is 2. The van der Waals surface area contributed by atoms with Crippen LogP contribution < -0.4 is 10.2 Å². The van der Waals surface area contributed by atoms with E-state index in [1.54, 1.807) is 18.2 Å². The zero-order valence-electron chi connectivity index (χ0n) is 10.2. The van der Waals surface area contributed by atoms with Crippen LogP contribution >= 0.6 is 12.2 Å². The molecule has 0 saturated heterocycles. The third-order valence-corrected chi connectivity index (χ3v) is 2.93. The number of benzene rings is 1. The van der Waals surface area contributed by atoms with Crippen molar-refractivity contribution in [1.82, 2.24) is 5.32 Å². The fourth-order valence-electron chi connectivity index (χ4n) is 2.07. The summed E-state index contributed by atoms with van der Waals surface area (Å²) in [5.41, 5.74) is 1.80. The van der Waals surface area contributed by atoms with Crippen molar-refractivity contribution in [3.8, 4) is 5.75 Å². The van der Waals surface area contributed by atoms with Gasteiger partial charge in [-0.05, 0) is 51.2 Å². The Balaban J connectivity index is 2.43. The molecule has 4 heteroatoms. The molecule has 0 fully saturated rings. The van der Waals surface area contributed by atoms with Gasteiger partial charge in [-0.15, -0.1) is 0 Å². The van der Waals surface area contributed by atoms with Crippen LogP contribution in [0, 0.1) is 0 Å². The first-order chi connectivity index (χ1) is 7.89. The number of phenols is 1. The van der Waals surface area contributed by atoms with Gasteiger partial charge < -0.3 is 10.4 Å². The standard InChI is InChI=1S/C13H16N2OS/c1-9-8-13(2,3)14-12(17)15(9)10-5-4-6-11(16)7-10/h4-8,16H,1-3H3,(H,14,17). The van der Waals surface area contributed by atoms with Crippen molar-refractivity contribution in [3.05, 3.63) is 36.0 Å². The molecule has 0 atom stereocenters. The van der Waals surface area contributed by atoms with Gasteiger partial charge in [0.1, 0.15) is 5.75 Å². The Hall–Kier alpha value is -1.55. The second-order valence-corrected chi connectivity index (χ2v) is 5.18. The molecule has 0 aromatic heterocycles. The summed E-state index contributed by atoms with van der Waals surface area (Å²) in [6.07, 6.45) is 2.12. The third kappa shape index (κ3) is 2.42. The van der Waals surface area contributed by atoms with Gasteiger partial charge in [0.25, 0.3) is 0 Å². The molecule has 1 aromatic carbocycles. The predicted molar refractivity (Wildman–Crippen MR) is 74.2 cm³/mol. The lowest BCUT2D eigenvalue weighted by molar-refractivity contribution is 0.475. The van der Waals surface area contributed by atoms with Crippen LogP contribution in [0.25, 0.3) is 0 Å². The van der Waals surface area contributed by atoms with Crippen molar-refractivity contribution in [1.29, 1.82) is 0 Å². The van der Waals surface area contributed by atoms with E-state index in [0.29, 0.717) is 5.11 Å². The molecule has 0 saturated carbocycles. The zero-order chi connectivity index (χ0) is 12.6. The highest BCUT2D eigenvalue weighted by atomic mass is 32.1.